The summed E-state index contributed by atoms with van der Waals surface area (Å²) >= 11 is 0. The van der Waals surface area contributed by atoms with Gasteiger partial charge in [0.2, 0.25) is 0 Å². The molecule has 3 fully saturated rings. The molecule has 4 aromatic rings. The molecule has 0 aromatic heterocycles. The maximum atomic E-state index is 16.3. The first-order valence-corrected chi connectivity index (χ1v) is 23.0. The largest absolute Gasteiger partial charge is 0.509 e. The number of rotatable bonds is 12. The molecular weight excluding hydrogens is 901 g/mol. The lowest BCUT2D eigenvalue weighted by atomic mass is 9.44. The van der Waals surface area contributed by atoms with Gasteiger partial charge in [0.25, 0.3) is 0 Å². The molecule has 2 bridgehead atoms. The summed E-state index contributed by atoms with van der Waals surface area (Å²) in [5.74, 6) is -6.07. The van der Waals surface area contributed by atoms with Gasteiger partial charge in [-0.1, -0.05) is 117 Å². The van der Waals surface area contributed by atoms with Crippen LogP contribution in [0.5, 0.6) is 0 Å². The monoisotopic (exact) mass is 954 g/mol. The Hall–Kier alpha value is -7.23. The smallest absolute Gasteiger partial charge is 0.458 e. The summed E-state index contributed by atoms with van der Waals surface area (Å²) in [6.45, 7) is 7.94. The minimum absolute atomic E-state index is 0.0160. The molecule has 1 aliphatic heterocycles. The van der Waals surface area contributed by atoms with Gasteiger partial charge in [-0.05, 0) is 54.3 Å². The highest BCUT2D eigenvalue weighted by atomic mass is 16.7. The number of ketones is 2. The third kappa shape index (κ3) is 8.95. The van der Waals surface area contributed by atoms with Crippen LogP contribution in [0.4, 0.5) is 4.79 Å². The van der Waals surface area contributed by atoms with Crippen LogP contribution in [-0.4, -0.2) is 95.0 Å². The normalized spacial score (nSPS) is 28.6. The van der Waals surface area contributed by atoms with E-state index >= 15 is 4.79 Å². The van der Waals surface area contributed by atoms with Crippen molar-refractivity contribution in [2.75, 3.05) is 6.61 Å². The van der Waals surface area contributed by atoms with Crippen LogP contribution in [0.1, 0.15) is 91.8 Å². The molecule has 9 atom stereocenters. The van der Waals surface area contributed by atoms with Gasteiger partial charge in [-0.3, -0.25) is 19.2 Å². The minimum atomic E-state index is -2.35. The van der Waals surface area contributed by atoms with E-state index in [-0.39, 0.29) is 42.1 Å². The minimum Gasteiger partial charge on any atom is -0.458 e. The van der Waals surface area contributed by atoms with E-state index in [0.717, 1.165) is 13.0 Å². The van der Waals surface area contributed by atoms with Crippen LogP contribution >= 0.6 is 0 Å². The molecule has 70 heavy (non-hydrogen) atoms. The molecule has 4 aliphatic rings. The SMILES string of the molecule is CC(=O)O[C@H]1C[C@@]2(O)[C@@H](OC(=O)c3ccccc3)[C@@H]3[C@]4(OC(C)=O)CO[C@@H]4C[C@H](OC(=O)/C=C/c4ccc(C(=O)c5ccccc5)cc4)[C@@]3(C)C(=O)[C@H](OC(=O)OCc3ccccc3)C(=C1C)C2(C)C. The third-order valence-electron chi connectivity index (χ3n) is 14.5. The van der Waals surface area contributed by atoms with E-state index in [9.17, 15) is 33.9 Å². The van der Waals surface area contributed by atoms with E-state index in [0.29, 0.717) is 22.3 Å². The van der Waals surface area contributed by atoms with Crippen LogP contribution in [0.15, 0.2) is 132 Å². The zero-order valence-corrected chi connectivity index (χ0v) is 39.6. The summed E-state index contributed by atoms with van der Waals surface area (Å²) < 4.78 is 42.6. The Morgan fingerprint density at radius 1 is 0.743 bits per heavy atom. The first-order chi connectivity index (χ1) is 33.3. The summed E-state index contributed by atoms with van der Waals surface area (Å²) in [4.78, 5) is 98.1. The molecule has 8 rings (SSSR count). The molecule has 0 amide bonds. The number of hydrogen-bond acceptors (Lipinski definition) is 15. The lowest BCUT2D eigenvalue weighted by Crippen LogP contribution is -2.82. The van der Waals surface area contributed by atoms with Gasteiger partial charge in [-0.25, -0.2) is 14.4 Å². The maximum absolute atomic E-state index is 16.3. The second-order valence-corrected chi connectivity index (χ2v) is 18.9. The average molecular weight is 955 g/mol. The standard InChI is InChI=1S/C55H54O15/c1-32-40(66-33(2)56)29-55(63)49(69-50(61)39-20-14-9-15-21-39)47-53(6,48(60)46(44(32)52(55,4)5)68-51(62)64-30-36-16-10-7-11-17-36)41(28-42-54(47,31-65-42)70-34(3)57)67-43(58)27-24-35-22-25-38(26-23-35)45(59)37-18-12-8-13-19-37/h7-27,40-42,46-47,49,63H,28-31H2,1-6H3/b27-24+/t40-,41-,42+,46+,47-,49-,53+,54-,55+/m0/s1. The fraction of sp³-hybridized carbons (Fsp3) is 0.364. The van der Waals surface area contributed by atoms with Gasteiger partial charge in [-0.2, -0.15) is 0 Å². The molecule has 1 heterocycles. The van der Waals surface area contributed by atoms with Crippen molar-refractivity contribution >= 4 is 47.7 Å². The zero-order chi connectivity index (χ0) is 50.2. The highest BCUT2D eigenvalue weighted by Gasteiger charge is 2.79. The Balaban J connectivity index is 1.27. The molecule has 0 unspecified atom stereocenters. The van der Waals surface area contributed by atoms with Crippen molar-refractivity contribution in [1.29, 1.82) is 0 Å². The van der Waals surface area contributed by atoms with Gasteiger partial charge in [0.1, 0.15) is 36.6 Å². The van der Waals surface area contributed by atoms with Gasteiger partial charge in [0.15, 0.2) is 23.3 Å². The molecule has 4 aromatic carbocycles. The molecule has 1 N–H and O–H groups in total. The number of benzene rings is 4. The lowest BCUT2D eigenvalue weighted by molar-refractivity contribution is -0.346. The van der Waals surface area contributed by atoms with E-state index in [1.807, 2.05) is 6.07 Å². The van der Waals surface area contributed by atoms with Gasteiger partial charge in [0.05, 0.1) is 23.5 Å². The van der Waals surface area contributed by atoms with Gasteiger partial charge in [-0.15, -0.1) is 0 Å². The number of carbonyl (C=O) groups is 7. The van der Waals surface area contributed by atoms with E-state index < -0.39 is 101 Å². The summed E-state index contributed by atoms with van der Waals surface area (Å²) in [5.41, 5.74) is -5.58. The first kappa shape index (κ1) is 49.2. The lowest BCUT2D eigenvalue weighted by Gasteiger charge is -2.67. The van der Waals surface area contributed by atoms with E-state index in [4.69, 9.17) is 33.2 Å². The van der Waals surface area contributed by atoms with Gasteiger partial charge >= 0.3 is 30.0 Å². The molecule has 1 saturated heterocycles. The zero-order valence-electron chi connectivity index (χ0n) is 39.6. The number of carbonyl (C=O) groups excluding carboxylic acids is 7. The summed E-state index contributed by atoms with van der Waals surface area (Å²) in [6.07, 6.45) is -6.95. The van der Waals surface area contributed by atoms with Gasteiger partial charge in [0, 0.05) is 49.3 Å². The summed E-state index contributed by atoms with van der Waals surface area (Å²) in [6, 6.07) is 31.9. The predicted octanol–water partition coefficient (Wildman–Crippen LogP) is 7.51. The molecule has 364 valence electrons. The van der Waals surface area contributed by atoms with Crippen molar-refractivity contribution in [2.24, 2.45) is 16.7 Å². The van der Waals surface area contributed by atoms with Gasteiger partial charge < -0.3 is 38.3 Å². The topological polar surface area (TPSA) is 204 Å². The molecule has 0 spiro atoms. The average Bonchev–Trinajstić information content (AvgIpc) is 3.33. The van der Waals surface area contributed by atoms with Crippen molar-refractivity contribution < 1.29 is 71.8 Å². The van der Waals surface area contributed by atoms with Crippen LogP contribution in [-0.2, 0) is 58.9 Å². The maximum Gasteiger partial charge on any atom is 0.509 e. The number of Topliss-reactive ketones (excluding diaryl/α,β-unsaturated/α-hetero) is 1. The number of ether oxygens (including phenoxy) is 7. The summed E-state index contributed by atoms with van der Waals surface area (Å²) in [5, 5.41) is 13.8. The van der Waals surface area contributed by atoms with E-state index in [2.05, 4.69) is 0 Å². The number of esters is 4. The second-order valence-electron chi connectivity index (χ2n) is 18.9. The fourth-order valence-corrected chi connectivity index (χ4v) is 10.9. The Morgan fingerprint density at radius 3 is 1.93 bits per heavy atom. The van der Waals surface area contributed by atoms with E-state index in [1.54, 1.807) is 118 Å². The van der Waals surface area contributed by atoms with Crippen LogP contribution in [0, 0.1) is 16.7 Å². The van der Waals surface area contributed by atoms with Crippen molar-refractivity contribution in [3.8, 4) is 0 Å². The Labute approximate surface area is 404 Å². The Bertz CT molecular complexity index is 2750. The predicted molar refractivity (Wildman–Crippen MR) is 249 cm³/mol. The molecule has 0 radical (unpaired) electrons. The molecular formula is C55H54O15. The van der Waals surface area contributed by atoms with Crippen molar-refractivity contribution in [3.63, 3.8) is 0 Å². The quantitative estimate of drug-likeness (QED) is 0.0480. The Morgan fingerprint density at radius 2 is 1.34 bits per heavy atom. The number of aliphatic hydroxyl groups is 1. The van der Waals surface area contributed by atoms with Crippen LogP contribution in [0.3, 0.4) is 0 Å². The third-order valence-corrected chi connectivity index (χ3v) is 14.5. The van der Waals surface area contributed by atoms with Crippen molar-refractivity contribution in [1.82, 2.24) is 0 Å². The molecule has 15 nitrogen and oxygen atoms in total. The molecule has 3 aliphatic carbocycles. The van der Waals surface area contributed by atoms with Crippen molar-refractivity contribution in [2.45, 2.75) is 103 Å². The summed E-state index contributed by atoms with van der Waals surface area (Å²) in [7, 11) is 0. The highest BCUT2D eigenvalue weighted by Crippen LogP contribution is 2.65. The molecule has 15 heteroatoms. The van der Waals surface area contributed by atoms with Crippen LogP contribution in [0.25, 0.3) is 6.08 Å². The van der Waals surface area contributed by atoms with Crippen LogP contribution in [0.2, 0.25) is 0 Å². The first-order valence-electron chi connectivity index (χ1n) is 23.0. The van der Waals surface area contributed by atoms with Crippen LogP contribution < -0.4 is 0 Å². The fourth-order valence-electron chi connectivity index (χ4n) is 10.9. The highest BCUT2D eigenvalue weighted by molar-refractivity contribution is 6.09. The number of hydrogen-bond donors (Lipinski definition) is 1. The Kier molecular flexibility index (Phi) is 13.6. The van der Waals surface area contributed by atoms with E-state index in [1.165, 1.54) is 32.1 Å². The van der Waals surface area contributed by atoms with Crippen molar-refractivity contribution in [3.05, 3.63) is 160 Å². The second kappa shape index (κ2) is 19.3. The number of fused-ring (bicyclic) bond motifs is 5. The molecule has 2 saturated carbocycles.